The number of hydrogen-bond donors (Lipinski definition) is 1. The van der Waals surface area contributed by atoms with Gasteiger partial charge in [-0.2, -0.15) is 5.10 Å². The average Bonchev–Trinajstić information content (AvgIpc) is 2.96. The number of amides is 3. The Morgan fingerprint density at radius 3 is 3.05 bits per heavy atom. The van der Waals surface area contributed by atoms with E-state index in [1.807, 2.05) is 4.90 Å². The van der Waals surface area contributed by atoms with E-state index in [4.69, 9.17) is 0 Å². The molecule has 2 fully saturated rings. The zero-order valence-electron chi connectivity index (χ0n) is 10.9. The van der Waals surface area contributed by atoms with Gasteiger partial charge in [0.2, 0.25) is 5.91 Å². The minimum Gasteiger partial charge on any atom is -0.336 e. The molecule has 7 nitrogen and oxygen atoms in total. The van der Waals surface area contributed by atoms with Crippen LogP contribution in [0, 0.1) is 0 Å². The fourth-order valence-corrected chi connectivity index (χ4v) is 2.74. The SMILES string of the molecule is Cn1cc(NC(=O)N2CCN3C(=O)CC[C@H]3C2)cn1. The van der Waals surface area contributed by atoms with Gasteiger partial charge in [-0.15, -0.1) is 0 Å². The van der Waals surface area contributed by atoms with Gasteiger partial charge in [-0.05, 0) is 6.42 Å². The van der Waals surface area contributed by atoms with Crippen molar-refractivity contribution in [3.05, 3.63) is 12.4 Å². The molecule has 102 valence electrons. The van der Waals surface area contributed by atoms with Crippen molar-refractivity contribution in [1.82, 2.24) is 19.6 Å². The monoisotopic (exact) mass is 263 g/mol. The predicted octanol–water partition coefficient (Wildman–Crippen LogP) is 0.259. The number of piperazine rings is 1. The lowest BCUT2D eigenvalue weighted by Gasteiger charge is -2.37. The maximum atomic E-state index is 12.1. The van der Waals surface area contributed by atoms with Crippen LogP contribution in [-0.2, 0) is 11.8 Å². The van der Waals surface area contributed by atoms with Crippen molar-refractivity contribution in [1.29, 1.82) is 0 Å². The maximum Gasteiger partial charge on any atom is 0.322 e. The summed E-state index contributed by atoms with van der Waals surface area (Å²) in [7, 11) is 1.80. The van der Waals surface area contributed by atoms with Gasteiger partial charge in [-0.3, -0.25) is 9.48 Å². The lowest BCUT2D eigenvalue weighted by Crippen LogP contribution is -2.54. The van der Waals surface area contributed by atoms with Crippen LogP contribution in [0.25, 0.3) is 0 Å². The number of nitrogens with one attached hydrogen (secondary N) is 1. The van der Waals surface area contributed by atoms with Crippen LogP contribution in [-0.4, -0.2) is 57.2 Å². The molecule has 3 rings (SSSR count). The Morgan fingerprint density at radius 2 is 2.32 bits per heavy atom. The molecule has 0 unspecified atom stereocenters. The molecule has 0 bridgehead atoms. The molecule has 1 aromatic rings. The highest BCUT2D eigenvalue weighted by Crippen LogP contribution is 2.23. The molecule has 1 N–H and O–H groups in total. The van der Waals surface area contributed by atoms with E-state index in [1.165, 1.54) is 0 Å². The predicted molar refractivity (Wildman–Crippen MR) is 68.5 cm³/mol. The van der Waals surface area contributed by atoms with Crippen LogP contribution in [0.4, 0.5) is 10.5 Å². The van der Waals surface area contributed by atoms with Crippen LogP contribution >= 0.6 is 0 Å². The average molecular weight is 263 g/mol. The number of nitrogens with zero attached hydrogens (tertiary/aromatic N) is 4. The number of rotatable bonds is 1. The van der Waals surface area contributed by atoms with Gasteiger partial charge in [0.1, 0.15) is 0 Å². The fourth-order valence-electron chi connectivity index (χ4n) is 2.74. The van der Waals surface area contributed by atoms with E-state index in [2.05, 4.69) is 10.4 Å². The minimum absolute atomic E-state index is 0.119. The highest BCUT2D eigenvalue weighted by atomic mass is 16.2. The van der Waals surface area contributed by atoms with Crippen LogP contribution in [0.5, 0.6) is 0 Å². The number of anilines is 1. The Bertz CT molecular complexity index is 512. The molecule has 1 aromatic heterocycles. The van der Waals surface area contributed by atoms with Crippen molar-refractivity contribution in [2.45, 2.75) is 18.9 Å². The number of carbonyl (C=O) groups is 2. The number of aromatic nitrogens is 2. The van der Waals surface area contributed by atoms with Crippen molar-refractivity contribution in [2.75, 3.05) is 25.0 Å². The smallest absolute Gasteiger partial charge is 0.322 e. The van der Waals surface area contributed by atoms with Gasteiger partial charge in [0.05, 0.1) is 11.9 Å². The van der Waals surface area contributed by atoms with Crippen LogP contribution in [0.2, 0.25) is 0 Å². The minimum atomic E-state index is -0.119. The van der Waals surface area contributed by atoms with Gasteiger partial charge < -0.3 is 15.1 Å². The molecule has 0 aromatic carbocycles. The van der Waals surface area contributed by atoms with E-state index < -0.39 is 0 Å². The number of fused-ring (bicyclic) bond motifs is 1. The lowest BCUT2D eigenvalue weighted by molar-refractivity contribution is -0.130. The molecule has 2 aliphatic heterocycles. The molecule has 19 heavy (non-hydrogen) atoms. The first-order valence-corrected chi connectivity index (χ1v) is 6.47. The Balaban J connectivity index is 1.61. The molecular weight excluding hydrogens is 246 g/mol. The van der Waals surface area contributed by atoms with Gasteiger partial charge in [0.25, 0.3) is 0 Å². The topological polar surface area (TPSA) is 70.5 Å². The molecular formula is C12H17N5O2. The van der Waals surface area contributed by atoms with Gasteiger partial charge in [-0.1, -0.05) is 0 Å². The summed E-state index contributed by atoms with van der Waals surface area (Å²) < 4.78 is 1.64. The summed E-state index contributed by atoms with van der Waals surface area (Å²) in [4.78, 5) is 27.4. The van der Waals surface area contributed by atoms with Gasteiger partial charge in [-0.25, -0.2) is 4.79 Å². The Hall–Kier alpha value is -2.05. The van der Waals surface area contributed by atoms with Crippen LogP contribution in [0.1, 0.15) is 12.8 Å². The summed E-state index contributed by atoms with van der Waals surface area (Å²) in [6, 6.07) is 0.0768. The summed E-state index contributed by atoms with van der Waals surface area (Å²) in [5.74, 6) is 0.220. The third kappa shape index (κ3) is 2.27. The third-order valence-corrected chi connectivity index (χ3v) is 3.74. The Morgan fingerprint density at radius 1 is 1.47 bits per heavy atom. The summed E-state index contributed by atoms with van der Waals surface area (Å²) in [5, 5.41) is 6.83. The highest BCUT2D eigenvalue weighted by Gasteiger charge is 2.36. The third-order valence-electron chi connectivity index (χ3n) is 3.74. The first kappa shape index (κ1) is 12.0. The zero-order valence-corrected chi connectivity index (χ0v) is 10.9. The van der Waals surface area contributed by atoms with E-state index in [0.29, 0.717) is 31.7 Å². The molecule has 0 saturated carbocycles. The second-order valence-corrected chi connectivity index (χ2v) is 5.06. The van der Waals surface area contributed by atoms with Gasteiger partial charge >= 0.3 is 6.03 Å². The van der Waals surface area contributed by atoms with Crippen molar-refractivity contribution in [3.8, 4) is 0 Å². The molecule has 2 saturated heterocycles. The summed E-state index contributed by atoms with van der Waals surface area (Å²) in [6.45, 7) is 1.86. The summed E-state index contributed by atoms with van der Waals surface area (Å²) in [5.41, 5.74) is 0.692. The standard InChI is InChI=1S/C12H17N5O2/c1-15-7-9(6-13-15)14-12(19)16-4-5-17-10(8-16)2-3-11(17)18/h6-7,10H,2-5,8H2,1H3,(H,14,19)/t10-/m0/s1. The Kier molecular flexibility index (Phi) is 2.88. The van der Waals surface area contributed by atoms with Crippen LogP contribution in [0.3, 0.4) is 0 Å². The number of carbonyl (C=O) groups excluding carboxylic acids is 2. The quantitative estimate of drug-likeness (QED) is 0.790. The largest absolute Gasteiger partial charge is 0.336 e. The van der Waals surface area contributed by atoms with E-state index in [9.17, 15) is 9.59 Å². The molecule has 7 heteroatoms. The van der Waals surface area contributed by atoms with Crippen molar-refractivity contribution in [2.24, 2.45) is 7.05 Å². The number of hydrogen-bond acceptors (Lipinski definition) is 3. The molecule has 0 spiro atoms. The normalized spacial score (nSPS) is 22.6. The van der Waals surface area contributed by atoms with Crippen LogP contribution < -0.4 is 5.32 Å². The van der Waals surface area contributed by atoms with Crippen molar-refractivity contribution < 1.29 is 9.59 Å². The van der Waals surface area contributed by atoms with E-state index >= 15 is 0 Å². The second-order valence-electron chi connectivity index (χ2n) is 5.06. The Labute approximate surface area is 111 Å². The zero-order chi connectivity index (χ0) is 13.4. The van der Waals surface area contributed by atoms with Crippen molar-refractivity contribution >= 4 is 17.6 Å². The number of urea groups is 1. The maximum absolute atomic E-state index is 12.1. The van der Waals surface area contributed by atoms with E-state index in [1.54, 1.807) is 29.0 Å². The highest BCUT2D eigenvalue weighted by molar-refractivity contribution is 5.89. The first-order valence-electron chi connectivity index (χ1n) is 6.47. The van der Waals surface area contributed by atoms with E-state index in [-0.39, 0.29) is 18.0 Å². The van der Waals surface area contributed by atoms with E-state index in [0.717, 1.165) is 6.42 Å². The lowest BCUT2D eigenvalue weighted by atomic mass is 10.2. The van der Waals surface area contributed by atoms with Crippen molar-refractivity contribution in [3.63, 3.8) is 0 Å². The molecule has 1 atom stereocenters. The first-order chi connectivity index (χ1) is 9.13. The van der Waals surface area contributed by atoms with Gasteiger partial charge in [0, 0.05) is 45.3 Å². The summed E-state index contributed by atoms with van der Waals surface area (Å²) >= 11 is 0. The molecule has 2 aliphatic rings. The number of aryl methyl sites for hydroxylation is 1. The summed E-state index contributed by atoms with van der Waals surface area (Å²) in [6.07, 6.45) is 4.85. The molecule has 0 radical (unpaired) electrons. The second kappa shape index (κ2) is 4.56. The molecule has 3 amide bonds. The molecule has 0 aliphatic carbocycles. The fraction of sp³-hybridized carbons (Fsp3) is 0.583. The van der Waals surface area contributed by atoms with Crippen LogP contribution in [0.15, 0.2) is 12.4 Å². The van der Waals surface area contributed by atoms with Gasteiger partial charge in [0.15, 0.2) is 0 Å². The molecule has 3 heterocycles.